The number of hydrogen-bond acceptors (Lipinski definition) is 0. The maximum atomic E-state index is 0. The van der Waals surface area contributed by atoms with Crippen molar-refractivity contribution in [2.75, 3.05) is 0 Å². The third kappa shape index (κ3) is 19.2. The zero-order chi connectivity index (χ0) is 0. The molecule has 0 aliphatic rings. The summed E-state index contributed by atoms with van der Waals surface area (Å²) in [6.45, 7) is 0. The van der Waals surface area contributed by atoms with E-state index in [-0.39, 0.29) is 92.8 Å². The van der Waals surface area contributed by atoms with Crippen LogP contribution in [0.25, 0.3) is 0 Å². The summed E-state index contributed by atoms with van der Waals surface area (Å²) >= 11 is 0. The molecule has 5 heteroatoms. The minimum absolute atomic E-state index is 0. The molecule has 1 radical (unpaired) electrons. The van der Waals surface area contributed by atoms with E-state index in [0.29, 0.717) is 0 Å². The van der Waals surface area contributed by atoms with Gasteiger partial charge in [0.2, 0.25) is 0 Å². The van der Waals surface area contributed by atoms with Crippen molar-refractivity contribution >= 4 is 33.0 Å². The van der Waals surface area contributed by atoms with Crippen molar-refractivity contribution in [1.29, 1.82) is 0 Å². The maximum absolute atomic E-state index is 0. The van der Waals surface area contributed by atoms with Crippen molar-refractivity contribution in [3.8, 4) is 0 Å². The van der Waals surface area contributed by atoms with Gasteiger partial charge in [-0.15, -0.1) is 0 Å². The molecule has 33 valence electrons. The van der Waals surface area contributed by atoms with Gasteiger partial charge in [0.25, 0.3) is 0 Å². The standard InChI is InChI=1S/Cu.Mg.Mo.H3P.Ti.2H/h;;;1H3;;;. The van der Waals surface area contributed by atoms with Crippen LogP contribution in [0.5, 0.6) is 0 Å². The van der Waals surface area contributed by atoms with E-state index in [1.54, 1.807) is 0 Å². The van der Waals surface area contributed by atoms with Gasteiger partial charge in [0, 0.05) is 59.9 Å². The van der Waals surface area contributed by atoms with Gasteiger partial charge >= 0.3 is 23.1 Å². The number of rotatable bonds is 0. The Labute approximate surface area is 91.4 Å². The molecule has 0 fully saturated rings. The molecule has 0 N–H and O–H groups in total. The first-order chi connectivity index (χ1) is 0. The average molecular weight is 268 g/mol. The summed E-state index contributed by atoms with van der Waals surface area (Å²) in [4.78, 5) is 0. The van der Waals surface area contributed by atoms with Gasteiger partial charge in [0.05, 0.1) is 0 Å². The fraction of sp³-hybridized carbons (Fsp3) is 0. The van der Waals surface area contributed by atoms with Crippen LogP contribution in [0.1, 0.15) is 0 Å². The molecule has 0 heterocycles. The van der Waals surface area contributed by atoms with Crippen LogP contribution in [0.3, 0.4) is 0 Å². The van der Waals surface area contributed by atoms with Crippen LogP contribution in [0, 0.1) is 0 Å². The molecule has 0 aromatic rings. The second-order valence-corrected chi connectivity index (χ2v) is 0. The molecule has 0 spiro atoms. The van der Waals surface area contributed by atoms with E-state index in [1.165, 1.54) is 0 Å². The Morgan fingerprint density at radius 3 is 1.00 bits per heavy atom. The monoisotopic (exact) mass is 269 g/mol. The predicted molar refractivity (Wildman–Crippen MR) is 19.6 cm³/mol. The molecule has 1 unspecified atom stereocenters. The smallest absolute Gasteiger partial charge is 0.153 e. The van der Waals surface area contributed by atoms with E-state index in [9.17, 15) is 0 Å². The minimum Gasteiger partial charge on any atom is -0.153 e. The normalized spacial score (nSPS) is 0. The van der Waals surface area contributed by atoms with Crippen molar-refractivity contribution in [3.63, 3.8) is 0 Å². The van der Waals surface area contributed by atoms with Crippen molar-refractivity contribution < 1.29 is 59.9 Å². The zero-order valence-electron chi connectivity index (χ0n) is 1.92. The Bertz CT molecular complexity index is 11.6. The average Bonchev–Trinajstić information content (AvgIpc) is 0. The fourth-order valence-electron chi connectivity index (χ4n) is 0. The van der Waals surface area contributed by atoms with Crippen molar-refractivity contribution in [1.82, 2.24) is 0 Å². The molecular weight excluding hydrogens is 263 g/mol. The largest absolute Gasteiger partial charge is 0.316 e. The van der Waals surface area contributed by atoms with Gasteiger partial charge in [-0.3, -0.25) is 0 Å². The van der Waals surface area contributed by atoms with Gasteiger partial charge in [-0.05, 0) is 0 Å². The first-order valence-electron chi connectivity index (χ1n) is 0. The SMILES string of the molecule is P.[Cu].[MgH2].[Mo].[Ti]. The van der Waals surface area contributed by atoms with Gasteiger partial charge in [0.1, 0.15) is 0 Å². The zero-order valence-corrected chi connectivity index (χ0v) is 7.84. The topological polar surface area (TPSA) is 0 Å². The van der Waals surface area contributed by atoms with Crippen LogP contribution in [-0.2, 0) is 59.9 Å². The summed E-state index contributed by atoms with van der Waals surface area (Å²) < 4.78 is 0. The van der Waals surface area contributed by atoms with E-state index >= 15 is 0 Å². The van der Waals surface area contributed by atoms with Gasteiger partial charge in [-0.2, -0.15) is 9.90 Å². The summed E-state index contributed by atoms with van der Waals surface area (Å²) in [6.07, 6.45) is 0. The molecule has 1 atom stereocenters. The van der Waals surface area contributed by atoms with E-state index in [1.807, 2.05) is 0 Å². The van der Waals surface area contributed by atoms with Crippen molar-refractivity contribution in [2.45, 2.75) is 0 Å². The molecule has 0 nitrogen and oxygen atoms in total. The third-order valence-corrected chi connectivity index (χ3v) is 0. The van der Waals surface area contributed by atoms with Crippen LogP contribution in [0.2, 0.25) is 0 Å². The molecule has 0 saturated heterocycles. The quantitative estimate of drug-likeness (QED) is 0.396. The van der Waals surface area contributed by atoms with E-state index in [4.69, 9.17) is 0 Å². The van der Waals surface area contributed by atoms with Gasteiger partial charge in [0.15, 0.2) is 0 Å². The molecule has 0 rings (SSSR count). The Morgan fingerprint density at radius 1 is 1.00 bits per heavy atom. The molecule has 0 aliphatic carbocycles. The second-order valence-electron chi connectivity index (χ2n) is 0. The van der Waals surface area contributed by atoms with Gasteiger partial charge in [-0.25, -0.2) is 0 Å². The maximum Gasteiger partial charge on any atom is 0.316 e. The Balaban J connectivity index is 0. The predicted octanol–water partition coefficient (Wildman–Crippen LogP) is -0.866. The summed E-state index contributed by atoms with van der Waals surface area (Å²) in [7, 11) is 0. The molecular formula is H5CuMgMoPTi. The van der Waals surface area contributed by atoms with Crippen molar-refractivity contribution in [2.24, 2.45) is 0 Å². The van der Waals surface area contributed by atoms with Crippen LogP contribution >= 0.6 is 9.90 Å². The first-order valence-corrected chi connectivity index (χ1v) is 0. The Hall–Kier alpha value is 3.12. The van der Waals surface area contributed by atoms with Crippen LogP contribution in [-0.4, -0.2) is 23.1 Å². The van der Waals surface area contributed by atoms with Crippen molar-refractivity contribution in [3.05, 3.63) is 0 Å². The van der Waals surface area contributed by atoms with Crippen LogP contribution in [0.15, 0.2) is 0 Å². The molecule has 5 heavy (non-hydrogen) atoms. The first kappa shape index (κ1) is 42.3. The van der Waals surface area contributed by atoms with Crippen LogP contribution in [0.4, 0.5) is 0 Å². The molecule has 0 amide bonds. The molecule has 0 aromatic heterocycles. The van der Waals surface area contributed by atoms with E-state index in [2.05, 4.69) is 0 Å². The molecule has 0 aliphatic heterocycles. The number of hydrogen-bond donors (Lipinski definition) is 0. The summed E-state index contributed by atoms with van der Waals surface area (Å²) in [5.41, 5.74) is 0. The molecule has 0 bridgehead atoms. The minimum atomic E-state index is 0. The molecule has 0 saturated carbocycles. The van der Waals surface area contributed by atoms with E-state index < -0.39 is 0 Å². The summed E-state index contributed by atoms with van der Waals surface area (Å²) in [5.74, 6) is 0. The second kappa shape index (κ2) is 27.4. The van der Waals surface area contributed by atoms with Gasteiger partial charge < -0.3 is 0 Å². The third-order valence-electron chi connectivity index (χ3n) is 0. The van der Waals surface area contributed by atoms with Crippen LogP contribution < -0.4 is 0 Å². The Morgan fingerprint density at radius 2 is 1.00 bits per heavy atom. The summed E-state index contributed by atoms with van der Waals surface area (Å²) in [6, 6.07) is 0. The molecule has 0 aromatic carbocycles. The summed E-state index contributed by atoms with van der Waals surface area (Å²) in [5, 5.41) is 0. The van der Waals surface area contributed by atoms with Gasteiger partial charge in [-0.1, -0.05) is 0 Å². The Kier molecular flexibility index (Phi) is 232. The van der Waals surface area contributed by atoms with E-state index in [0.717, 1.165) is 0 Å². The fourth-order valence-corrected chi connectivity index (χ4v) is 0.